The van der Waals surface area contributed by atoms with Crippen LogP contribution in [0.1, 0.15) is 38.9 Å². The van der Waals surface area contributed by atoms with Crippen LogP contribution < -0.4 is 5.43 Å². The maximum absolute atomic E-state index is 13.4. The molecule has 0 spiro atoms. The molecule has 0 saturated carbocycles. The van der Waals surface area contributed by atoms with Gasteiger partial charge in [-0.2, -0.15) is 0 Å². The van der Waals surface area contributed by atoms with Crippen molar-refractivity contribution in [2.24, 2.45) is 0 Å². The number of benzene rings is 2. The van der Waals surface area contributed by atoms with Gasteiger partial charge in [0, 0.05) is 13.7 Å². The van der Waals surface area contributed by atoms with Crippen molar-refractivity contribution in [3.8, 4) is 5.75 Å². The molecule has 2 heterocycles. The van der Waals surface area contributed by atoms with E-state index in [0.717, 1.165) is 11.1 Å². The monoisotopic (exact) mass is 379 g/mol. The van der Waals surface area contributed by atoms with Crippen LogP contribution in [0.2, 0.25) is 0 Å². The number of fused-ring (bicyclic) bond motifs is 2. The van der Waals surface area contributed by atoms with Gasteiger partial charge in [-0.3, -0.25) is 9.59 Å². The lowest BCUT2D eigenvalue weighted by Crippen LogP contribution is -2.32. The Bertz CT molecular complexity index is 1150. The summed E-state index contributed by atoms with van der Waals surface area (Å²) in [7, 11) is 1.56. The van der Waals surface area contributed by atoms with Crippen LogP contribution in [0, 0.1) is 13.8 Å². The highest BCUT2D eigenvalue weighted by molar-refractivity contribution is 5.99. The molecule has 1 atom stereocenters. The Morgan fingerprint density at radius 3 is 2.61 bits per heavy atom. The molecule has 4 rings (SSSR count). The summed E-state index contributed by atoms with van der Waals surface area (Å²) >= 11 is 0. The van der Waals surface area contributed by atoms with Crippen LogP contribution in [-0.2, 0) is 4.74 Å². The van der Waals surface area contributed by atoms with Crippen molar-refractivity contribution < 1.29 is 19.1 Å². The first-order valence-corrected chi connectivity index (χ1v) is 9.09. The van der Waals surface area contributed by atoms with Crippen molar-refractivity contribution in [1.82, 2.24) is 4.90 Å². The summed E-state index contributed by atoms with van der Waals surface area (Å²) in [5, 5.41) is 10.4. The molecule has 28 heavy (non-hydrogen) atoms. The molecule has 144 valence electrons. The lowest BCUT2D eigenvalue weighted by atomic mass is 9.97. The number of rotatable bonds is 4. The van der Waals surface area contributed by atoms with E-state index in [0.29, 0.717) is 35.2 Å². The predicted molar refractivity (Wildman–Crippen MR) is 105 cm³/mol. The Kier molecular flexibility index (Phi) is 4.43. The number of nitrogens with zero attached hydrogens (tertiary/aromatic N) is 1. The number of aryl methyl sites for hydroxylation is 2. The average molecular weight is 379 g/mol. The molecule has 0 saturated heterocycles. The van der Waals surface area contributed by atoms with Crippen LogP contribution >= 0.6 is 0 Å². The largest absolute Gasteiger partial charge is 0.508 e. The quantitative estimate of drug-likeness (QED) is 0.752. The van der Waals surface area contributed by atoms with Gasteiger partial charge in [0.1, 0.15) is 11.3 Å². The van der Waals surface area contributed by atoms with E-state index in [1.165, 1.54) is 0 Å². The summed E-state index contributed by atoms with van der Waals surface area (Å²) in [5.41, 5.74) is 3.11. The lowest BCUT2D eigenvalue weighted by molar-refractivity contribution is 0.0663. The third-order valence-electron chi connectivity index (χ3n) is 5.30. The van der Waals surface area contributed by atoms with Gasteiger partial charge >= 0.3 is 0 Å². The van der Waals surface area contributed by atoms with Crippen molar-refractivity contribution in [2.45, 2.75) is 19.9 Å². The van der Waals surface area contributed by atoms with E-state index in [2.05, 4.69) is 0 Å². The first-order valence-electron chi connectivity index (χ1n) is 9.09. The molecule has 3 aromatic rings. The first-order chi connectivity index (χ1) is 13.4. The number of hydrogen-bond donors (Lipinski definition) is 1. The van der Waals surface area contributed by atoms with E-state index in [-0.39, 0.29) is 22.8 Å². The summed E-state index contributed by atoms with van der Waals surface area (Å²) in [4.78, 5) is 28.0. The number of carbonyl (C=O) groups excluding carboxylic acids is 1. The average Bonchev–Trinajstić information content (AvgIpc) is 2.94. The van der Waals surface area contributed by atoms with Gasteiger partial charge in [-0.15, -0.1) is 0 Å². The van der Waals surface area contributed by atoms with Crippen molar-refractivity contribution in [2.75, 3.05) is 20.3 Å². The van der Waals surface area contributed by atoms with Crippen molar-refractivity contribution >= 4 is 16.9 Å². The second-order valence-corrected chi connectivity index (χ2v) is 7.10. The Balaban J connectivity index is 2.00. The predicted octanol–water partition coefficient (Wildman–Crippen LogP) is 3.31. The van der Waals surface area contributed by atoms with E-state index in [9.17, 15) is 14.7 Å². The maximum atomic E-state index is 13.4. The second kappa shape index (κ2) is 6.80. The van der Waals surface area contributed by atoms with Gasteiger partial charge < -0.3 is 19.2 Å². The summed E-state index contributed by atoms with van der Waals surface area (Å²) in [5.74, 6) is -0.218. The van der Waals surface area contributed by atoms with Gasteiger partial charge in [0.25, 0.3) is 5.91 Å². The SMILES string of the molecule is COCCN1C(=O)c2oc3cc(C)c(C)cc3c(=O)c2[C@H]1c1cccc(O)c1. The molecule has 2 aromatic carbocycles. The second-order valence-electron chi connectivity index (χ2n) is 7.10. The lowest BCUT2D eigenvalue weighted by Gasteiger charge is -2.24. The zero-order chi connectivity index (χ0) is 20.0. The number of carbonyl (C=O) groups is 1. The molecule has 0 unspecified atom stereocenters. The van der Waals surface area contributed by atoms with Crippen LogP contribution in [0.5, 0.6) is 5.75 Å². The molecule has 0 fully saturated rings. The number of ether oxygens (including phenoxy) is 1. The van der Waals surface area contributed by atoms with E-state index in [1.54, 1.807) is 48.4 Å². The number of phenols is 1. The minimum absolute atomic E-state index is 0.0604. The molecule has 0 aliphatic carbocycles. The molecule has 1 aliphatic rings. The fraction of sp³-hybridized carbons (Fsp3) is 0.273. The van der Waals surface area contributed by atoms with Gasteiger partial charge in [-0.05, 0) is 54.8 Å². The Hall–Kier alpha value is -3.12. The number of phenolic OH excluding ortho intramolecular Hbond substituents is 1. The summed E-state index contributed by atoms with van der Waals surface area (Å²) in [6, 6.07) is 9.56. The topological polar surface area (TPSA) is 80.0 Å². The molecule has 0 radical (unpaired) electrons. The van der Waals surface area contributed by atoms with Crippen molar-refractivity contribution in [3.63, 3.8) is 0 Å². The highest BCUT2D eigenvalue weighted by atomic mass is 16.5. The third kappa shape index (κ3) is 2.77. The molecule has 1 aromatic heterocycles. The zero-order valence-corrected chi connectivity index (χ0v) is 16.0. The molecular formula is C22H21NO5. The Morgan fingerprint density at radius 1 is 1.14 bits per heavy atom. The van der Waals surface area contributed by atoms with Crippen LogP contribution in [0.3, 0.4) is 0 Å². The van der Waals surface area contributed by atoms with E-state index in [4.69, 9.17) is 9.15 Å². The maximum Gasteiger partial charge on any atom is 0.290 e. The van der Waals surface area contributed by atoms with E-state index in [1.807, 2.05) is 13.8 Å². The van der Waals surface area contributed by atoms with E-state index >= 15 is 0 Å². The van der Waals surface area contributed by atoms with Crippen LogP contribution in [0.4, 0.5) is 0 Å². The molecular weight excluding hydrogens is 358 g/mol. The van der Waals surface area contributed by atoms with Crippen LogP contribution in [0.25, 0.3) is 11.0 Å². The fourth-order valence-electron chi connectivity index (χ4n) is 3.74. The highest BCUT2D eigenvalue weighted by Gasteiger charge is 2.42. The number of methoxy groups -OCH3 is 1. The number of aromatic hydroxyl groups is 1. The van der Waals surface area contributed by atoms with Crippen molar-refractivity contribution in [3.05, 3.63) is 74.6 Å². The smallest absolute Gasteiger partial charge is 0.290 e. The first kappa shape index (κ1) is 18.3. The van der Waals surface area contributed by atoms with Gasteiger partial charge in [0.05, 0.1) is 23.6 Å². The molecule has 1 amide bonds. The summed E-state index contributed by atoms with van der Waals surface area (Å²) in [6.45, 7) is 4.49. The molecule has 6 heteroatoms. The van der Waals surface area contributed by atoms with Gasteiger partial charge in [-0.1, -0.05) is 12.1 Å². The number of hydrogen-bond acceptors (Lipinski definition) is 5. The highest BCUT2D eigenvalue weighted by Crippen LogP contribution is 2.38. The van der Waals surface area contributed by atoms with Crippen molar-refractivity contribution in [1.29, 1.82) is 0 Å². The fourth-order valence-corrected chi connectivity index (χ4v) is 3.74. The zero-order valence-electron chi connectivity index (χ0n) is 16.0. The molecule has 1 aliphatic heterocycles. The van der Waals surface area contributed by atoms with Gasteiger partial charge in [0.2, 0.25) is 5.76 Å². The van der Waals surface area contributed by atoms with Gasteiger partial charge in [-0.25, -0.2) is 0 Å². The standard InChI is InChI=1S/C22H21NO5/c1-12-9-16-17(10-13(12)2)28-21-18(20(16)25)19(14-5-4-6-15(24)11-14)23(22(21)26)7-8-27-3/h4-6,9-11,19,24H,7-8H2,1-3H3/t19-/m1/s1. The molecule has 1 N–H and O–H groups in total. The summed E-state index contributed by atoms with van der Waals surface area (Å²) < 4.78 is 11.1. The molecule has 0 bridgehead atoms. The van der Waals surface area contributed by atoms with E-state index < -0.39 is 6.04 Å². The van der Waals surface area contributed by atoms with Gasteiger partial charge in [0.15, 0.2) is 5.43 Å². The third-order valence-corrected chi connectivity index (χ3v) is 5.30. The molecule has 6 nitrogen and oxygen atoms in total. The Labute approximate surface area is 162 Å². The number of amides is 1. The van der Waals surface area contributed by atoms with Crippen LogP contribution in [0.15, 0.2) is 45.6 Å². The minimum Gasteiger partial charge on any atom is -0.508 e. The normalized spacial score (nSPS) is 16.0. The van der Waals surface area contributed by atoms with Crippen LogP contribution in [-0.4, -0.2) is 36.2 Å². The summed E-state index contributed by atoms with van der Waals surface area (Å²) in [6.07, 6.45) is 0. The minimum atomic E-state index is -0.632. The Morgan fingerprint density at radius 2 is 1.89 bits per heavy atom.